The maximum Gasteiger partial charge on any atom is 0.129 e. The second-order valence-electron chi connectivity index (χ2n) is 4.65. The van der Waals surface area contributed by atoms with Gasteiger partial charge in [0.1, 0.15) is 11.6 Å². The van der Waals surface area contributed by atoms with E-state index in [0.29, 0.717) is 17.2 Å². The molecule has 1 aliphatic rings. The van der Waals surface area contributed by atoms with Crippen molar-refractivity contribution in [2.75, 3.05) is 13.2 Å². The van der Waals surface area contributed by atoms with Gasteiger partial charge in [0.15, 0.2) is 0 Å². The van der Waals surface area contributed by atoms with E-state index in [1.54, 1.807) is 12.1 Å². The topological polar surface area (TPSA) is 21.3 Å². The summed E-state index contributed by atoms with van der Waals surface area (Å²) < 4.78 is 19.8. The Morgan fingerprint density at radius 3 is 2.95 bits per heavy atom. The van der Waals surface area contributed by atoms with E-state index in [4.69, 9.17) is 16.3 Å². The Balaban J connectivity index is 2.27. The summed E-state index contributed by atoms with van der Waals surface area (Å²) in [6.07, 6.45) is 5.03. The number of ether oxygens (including phenoxy) is 1. The fraction of sp³-hybridized carbons (Fsp3) is 0.467. The Bertz CT molecular complexity index is 461. The number of hydrogen-bond donors (Lipinski definition) is 1. The standard InChI is InChI=1S/C15H19ClFNO/c1-2-8-18-15(14-5-3-4-9-19-14)12-7-6-11(16)10-13(12)17/h5-7,10,15,18H,2-4,8-9H2,1H3. The van der Waals surface area contributed by atoms with Crippen molar-refractivity contribution in [3.8, 4) is 0 Å². The lowest BCUT2D eigenvalue weighted by Crippen LogP contribution is -2.27. The quantitative estimate of drug-likeness (QED) is 0.874. The van der Waals surface area contributed by atoms with Crippen LogP contribution in [0.2, 0.25) is 5.02 Å². The van der Waals surface area contributed by atoms with Crippen molar-refractivity contribution in [3.05, 3.63) is 46.4 Å². The normalized spacial score (nSPS) is 16.7. The molecule has 1 aromatic carbocycles. The van der Waals surface area contributed by atoms with Gasteiger partial charge in [0, 0.05) is 10.6 Å². The zero-order valence-electron chi connectivity index (χ0n) is 11.1. The molecular formula is C15H19ClFNO. The number of hydrogen-bond acceptors (Lipinski definition) is 2. The summed E-state index contributed by atoms with van der Waals surface area (Å²) in [5.41, 5.74) is 0.589. The molecule has 1 heterocycles. The number of rotatable bonds is 5. The zero-order valence-corrected chi connectivity index (χ0v) is 11.8. The van der Waals surface area contributed by atoms with Crippen LogP contribution in [-0.4, -0.2) is 13.2 Å². The van der Waals surface area contributed by atoms with Gasteiger partial charge in [-0.25, -0.2) is 4.39 Å². The molecule has 0 aromatic heterocycles. The van der Waals surface area contributed by atoms with Crippen molar-refractivity contribution in [1.82, 2.24) is 5.32 Å². The summed E-state index contributed by atoms with van der Waals surface area (Å²) in [6.45, 7) is 3.59. The Kier molecular flexibility index (Phi) is 5.23. The van der Waals surface area contributed by atoms with Crippen LogP contribution in [0.25, 0.3) is 0 Å². The first-order valence-electron chi connectivity index (χ1n) is 6.73. The Hall–Kier alpha value is -1.06. The van der Waals surface area contributed by atoms with Crippen LogP contribution in [0.15, 0.2) is 30.0 Å². The van der Waals surface area contributed by atoms with Gasteiger partial charge in [-0.2, -0.15) is 0 Å². The maximum atomic E-state index is 14.1. The lowest BCUT2D eigenvalue weighted by molar-refractivity contribution is 0.166. The van der Waals surface area contributed by atoms with Gasteiger partial charge >= 0.3 is 0 Å². The van der Waals surface area contributed by atoms with E-state index in [2.05, 4.69) is 12.2 Å². The highest BCUT2D eigenvalue weighted by atomic mass is 35.5. The minimum atomic E-state index is -0.295. The molecule has 0 bridgehead atoms. The third kappa shape index (κ3) is 3.71. The molecule has 0 amide bonds. The highest BCUT2D eigenvalue weighted by Crippen LogP contribution is 2.29. The van der Waals surface area contributed by atoms with Gasteiger partial charge in [-0.3, -0.25) is 0 Å². The molecule has 0 radical (unpaired) electrons. The molecule has 19 heavy (non-hydrogen) atoms. The molecule has 1 aromatic rings. The van der Waals surface area contributed by atoms with Crippen LogP contribution in [-0.2, 0) is 4.74 Å². The lowest BCUT2D eigenvalue weighted by atomic mass is 10.0. The van der Waals surface area contributed by atoms with E-state index >= 15 is 0 Å². The molecule has 1 aliphatic heterocycles. The van der Waals surface area contributed by atoms with Crippen LogP contribution in [0.5, 0.6) is 0 Å². The van der Waals surface area contributed by atoms with Gasteiger partial charge in [0.25, 0.3) is 0 Å². The van der Waals surface area contributed by atoms with Gasteiger partial charge in [0.2, 0.25) is 0 Å². The van der Waals surface area contributed by atoms with Gasteiger partial charge < -0.3 is 10.1 Å². The highest BCUT2D eigenvalue weighted by molar-refractivity contribution is 6.30. The summed E-state index contributed by atoms with van der Waals surface area (Å²) in [4.78, 5) is 0. The molecule has 0 saturated heterocycles. The average molecular weight is 284 g/mol. The summed E-state index contributed by atoms with van der Waals surface area (Å²) in [5.74, 6) is 0.525. The van der Waals surface area contributed by atoms with E-state index in [-0.39, 0.29) is 11.9 Å². The summed E-state index contributed by atoms with van der Waals surface area (Å²) in [6, 6.07) is 4.56. The van der Waals surface area contributed by atoms with Crippen molar-refractivity contribution in [2.24, 2.45) is 0 Å². The molecule has 104 valence electrons. The SMILES string of the molecule is CCCNC(C1=CCCCO1)c1ccc(Cl)cc1F. The van der Waals surface area contributed by atoms with Crippen molar-refractivity contribution in [2.45, 2.75) is 32.2 Å². The van der Waals surface area contributed by atoms with E-state index in [9.17, 15) is 4.39 Å². The van der Waals surface area contributed by atoms with E-state index < -0.39 is 0 Å². The molecule has 0 aliphatic carbocycles. The van der Waals surface area contributed by atoms with Gasteiger partial charge in [-0.05, 0) is 44.0 Å². The maximum absolute atomic E-state index is 14.1. The van der Waals surface area contributed by atoms with Crippen LogP contribution in [0.1, 0.15) is 37.8 Å². The smallest absolute Gasteiger partial charge is 0.129 e. The minimum absolute atomic E-state index is 0.225. The van der Waals surface area contributed by atoms with Crippen molar-refractivity contribution < 1.29 is 9.13 Å². The lowest BCUT2D eigenvalue weighted by Gasteiger charge is -2.25. The molecule has 1 unspecified atom stereocenters. The van der Waals surface area contributed by atoms with Crippen LogP contribution >= 0.6 is 11.6 Å². The first-order chi connectivity index (χ1) is 9.22. The van der Waals surface area contributed by atoms with Crippen LogP contribution in [0.4, 0.5) is 4.39 Å². The predicted molar refractivity (Wildman–Crippen MR) is 75.7 cm³/mol. The molecule has 2 nitrogen and oxygen atoms in total. The van der Waals surface area contributed by atoms with Crippen LogP contribution in [0, 0.1) is 5.82 Å². The molecule has 1 atom stereocenters. The fourth-order valence-corrected chi connectivity index (χ4v) is 2.32. The fourth-order valence-electron chi connectivity index (χ4n) is 2.17. The van der Waals surface area contributed by atoms with Crippen molar-refractivity contribution in [1.29, 1.82) is 0 Å². The number of benzene rings is 1. The Morgan fingerprint density at radius 1 is 1.47 bits per heavy atom. The molecule has 0 saturated carbocycles. The van der Waals surface area contributed by atoms with Gasteiger partial charge in [-0.15, -0.1) is 0 Å². The molecular weight excluding hydrogens is 265 g/mol. The Morgan fingerprint density at radius 2 is 2.32 bits per heavy atom. The minimum Gasteiger partial charge on any atom is -0.496 e. The molecule has 4 heteroatoms. The second-order valence-corrected chi connectivity index (χ2v) is 5.09. The van der Waals surface area contributed by atoms with Crippen molar-refractivity contribution >= 4 is 11.6 Å². The third-order valence-electron chi connectivity index (χ3n) is 3.12. The van der Waals surface area contributed by atoms with Crippen molar-refractivity contribution in [3.63, 3.8) is 0 Å². The van der Waals surface area contributed by atoms with E-state index in [1.807, 2.05) is 6.08 Å². The average Bonchev–Trinajstić information content (AvgIpc) is 2.42. The second kappa shape index (κ2) is 6.92. The first kappa shape index (κ1) is 14.4. The first-order valence-corrected chi connectivity index (χ1v) is 7.11. The van der Waals surface area contributed by atoms with Gasteiger partial charge in [0.05, 0.1) is 12.6 Å². The van der Waals surface area contributed by atoms with Gasteiger partial charge in [-0.1, -0.05) is 24.6 Å². The molecule has 0 spiro atoms. The highest BCUT2D eigenvalue weighted by Gasteiger charge is 2.22. The number of nitrogens with one attached hydrogen (secondary N) is 1. The van der Waals surface area contributed by atoms with Crippen LogP contribution in [0.3, 0.4) is 0 Å². The third-order valence-corrected chi connectivity index (χ3v) is 3.35. The molecule has 2 rings (SSSR count). The number of halogens is 2. The van der Waals surface area contributed by atoms with Crippen LogP contribution < -0.4 is 5.32 Å². The van der Waals surface area contributed by atoms with E-state index in [1.165, 1.54) is 6.07 Å². The monoisotopic (exact) mass is 283 g/mol. The molecule has 1 N–H and O–H groups in total. The summed E-state index contributed by atoms with van der Waals surface area (Å²) in [5, 5.41) is 3.75. The zero-order chi connectivity index (χ0) is 13.7. The predicted octanol–water partition coefficient (Wildman–Crippen LogP) is 4.21. The Labute approximate surface area is 118 Å². The summed E-state index contributed by atoms with van der Waals surface area (Å²) in [7, 11) is 0. The largest absolute Gasteiger partial charge is 0.496 e. The summed E-state index contributed by atoms with van der Waals surface area (Å²) >= 11 is 5.81. The molecule has 0 fully saturated rings. The van der Waals surface area contributed by atoms with E-state index in [0.717, 1.165) is 31.6 Å². The number of allylic oxidation sites excluding steroid dienone is 1.